The van der Waals surface area contributed by atoms with E-state index in [1.165, 1.54) is 0 Å². The zero-order valence-corrected chi connectivity index (χ0v) is 9.91. The molecule has 0 atom stereocenters. The molecule has 1 aromatic carbocycles. The highest BCUT2D eigenvalue weighted by Crippen LogP contribution is 2.33. The smallest absolute Gasteiger partial charge is 0.417 e. The number of aromatic carboxylic acids is 1. The van der Waals surface area contributed by atoms with Crippen LogP contribution in [0.25, 0.3) is 0 Å². The standard InChI is InChI=1S/C12H13F3O3/c1-7(2)6-18-8-3-4-10(12(13,14)15)9(5-8)11(16)17/h3-5,7H,6H2,1-2H3,(H,16,17). The molecule has 0 bridgehead atoms. The molecule has 1 rings (SSSR count). The highest BCUT2D eigenvalue weighted by molar-refractivity contribution is 5.90. The van der Waals surface area contributed by atoms with Crippen molar-refractivity contribution < 1.29 is 27.8 Å². The van der Waals surface area contributed by atoms with Crippen molar-refractivity contribution in [3.8, 4) is 5.75 Å². The summed E-state index contributed by atoms with van der Waals surface area (Å²) >= 11 is 0. The Kier molecular flexibility index (Phi) is 4.21. The van der Waals surface area contributed by atoms with E-state index in [1.807, 2.05) is 13.8 Å². The van der Waals surface area contributed by atoms with E-state index in [4.69, 9.17) is 9.84 Å². The van der Waals surface area contributed by atoms with Crippen LogP contribution in [0.4, 0.5) is 13.2 Å². The molecule has 100 valence electrons. The van der Waals surface area contributed by atoms with Gasteiger partial charge in [0.15, 0.2) is 0 Å². The molecular formula is C12H13F3O3. The molecular weight excluding hydrogens is 249 g/mol. The third-order valence-corrected chi connectivity index (χ3v) is 2.11. The first kappa shape index (κ1) is 14.3. The summed E-state index contributed by atoms with van der Waals surface area (Å²) in [4.78, 5) is 10.8. The van der Waals surface area contributed by atoms with E-state index in [1.54, 1.807) is 0 Å². The molecule has 0 amide bonds. The maximum atomic E-state index is 12.6. The quantitative estimate of drug-likeness (QED) is 0.904. The second-order valence-corrected chi connectivity index (χ2v) is 4.22. The van der Waals surface area contributed by atoms with Crippen molar-refractivity contribution in [2.24, 2.45) is 5.92 Å². The molecule has 0 saturated heterocycles. The summed E-state index contributed by atoms with van der Waals surface area (Å²) in [7, 11) is 0. The average molecular weight is 262 g/mol. The summed E-state index contributed by atoms with van der Waals surface area (Å²) in [6, 6.07) is 2.74. The van der Waals surface area contributed by atoms with Crippen LogP contribution in [0.1, 0.15) is 29.8 Å². The molecule has 1 N–H and O–H groups in total. The van der Waals surface area contributed by atoms with Crippen LogP contribution in [-0.4, -0.2) is 17.7 Å². The van der Waals surface area contributed by atoms with Gasteiger partial charge >= 0.3 is 12.1 Å². The van der Waals surface area contributed by atoms with Gasteiger partial charge in [-0.3, -0.25) is 0 Å². The van der Waals surface area contributed by atoms with Crippen molar-refractivity contribution >= 4 is 5.97 Å². The van der Waals surface area contributed by atoms with Gasteiger partial charge in [-0.2, -0.15) is 13.2 Å². The molecule has 0 aliphatic carbocycles. The molecule has 0 aromatic heterocycles. The van der Waals surface area contributed by atoms with Gasteiger partial charge in [-0.1, -0.05) is 13.8 Å². The Labute approximate surface area is 102 Å². The number of alkyl halides is 3. The molecule has 0 spiro atoms. The van der Waals surface area contributed by atoms with Crippen molar-refractivity contribution in [3.05, 3.63) is 29.3 Å². The second-order valence-electron chi connectivity index (χ2n) is 4.22. The summed E-state index contributed by atoms with van der Waals surface area (Å²) in [6.45, 7) is 4.06. The molecule has 0 radical (unpaired) electrons. The van der Waals surface area contributed by atoms with Crippen molar-refractivity contribution in [2.45, 2.75) is 20.0 Å². The lowest BCUT2D eigenvalue weighted by Crippen LogP contribution is -2.13. The molecule has 1 aromatic rings. The number of carboxylic acid groups (broad SMARTS) is 1. The fraction of sp³-hybridized carbons (Fsp3) is 0.417. The van der Waals surface area contributed by atoms with Gasteiger partial charge in [-0.25, -0.2) is 4.79 Å². The summed E-state index contributed by atoms with van der Waals surface area (Å²) in [6.07, 6.45) is -4.69. The van der Waals surface area contributed by atoms with Gasteiger partial charge in [0.05, 0.1) is 17.7 Å². The van der Waals surface area contributed by atoms with Gasteiger partial charge in [0.1, 0.15) is 5.75 Å². The summed E-state index contributed by atoms with van der Waals surface area (Å²) in [5, 5.41) is 8.78. The summed E-state index contributed by atoms with van der Waals surface area (Å²) < 4.78 is 42.8. The van der Waals surface area contributed by atoms with Crippen LogP contribution in [0.3, 0.4) is 0 Å². The minimum atomic E-state index is -4.69. The fourth-order valence-corrected chi connectivity index (χ4v) is 1.30. The number of carboxylic acids is 1. The van der Waals surface area contributed by atoms with Crippen molar-refractivity contribution in [1.29, 1.82) is 0 Å². The lowest BCUT2D eigenvalue weighted by molar-refractivity contribution is -0.138. The Morgan fingerprint density at radius 2 is 2.00 bits per heavy atom. The van der Waals surface area contributed by atoms with Crippen LogP contribution in [0.5, 0.6) is 5.75 Å². The maximum Gasteiger partial charge on any atom is 0.417 e. The zero-order chi connectivity index (χ0) is 13.9. The van der Waals surface area contributed by atoms with Crippen molar-refractivity contribution in [2.75, 3.05) is 6.61 Å². The van der Waals surface area contributed by atoms with Gasteiger partial charge in [0.2, 0.25) is 0 Å². The van der Waals surface area contributed by atoms with Crippen molar-refractivity contribution in [1.82, 2.24) is 0 Å². The second kappa shape index (κ2) is 5.29. The van der Waals surface area contributed by atoms with Gasteiger partial charge in [-0.15, -0.1) is 0 Å². The Morgan fingerprint density at radius 3 is 2.44 bits per heavy atom. The molecule has 0 saturated carbocycles. The topological polar surface area (TPSA) is 46.5 Å². The minimum absolute atomic E-state index is 0.120. The molecule has 0 heterocycles. The number of hydrogen-bond donors (Lipinski definition) is 1. The maximum absolute atomic E-state index is 12.6. The number of ether oxygens (including phenoxy) is 1. The molecule has 3 nitrogen and oxygen atoms in total. The minimum Gasteiger partial charge on any atom is -0.493 e. The van der Waals surface area contributed by atoms with E-state index in [-0.39, 0.29) is 11.7 Å². The van der Waals surface area contributed by atoms with Gasteiger partial charge < -0.3 is 9.84 Å². The molecule has 18 heavy (non-hydrogen) atoms. The third kappa shape index (κ3) is 3.65. The van der Waals surface area contributed by atoms with Crippen LogP contribution in [0, 0.1) is 5.92 Å². The Hall–Kier alpha value is -1.72. The monoisotopic (exact) mass is 262 g/mol. The first-order chi connectivity index (χ1) is 8.21. The van der Waals surface area contributed by atoms with Crippen LogP contribution >= 0.6 is 0 Å². The fourth-order valence-electron chi connectivity index (χ4n) is 1.30. The van der Waals surface area contributed by atoms with Crippen LogP contribution in [-0.2, 0) is 6.18 Å². The molecule has 0 unspecified atom stereocenters. The summed E-state index contributed by atoms with van der Waals surface area (Å²) in [5.41, 5.74) is -1.98. The number of carbonyl (C=O) groups is 1. The summed E-state index contributed by atoms with van der Waals surface area (Å²) in [5.74, 6) is -1.31. The third-order valence-electron chi connectivity index (χ3n) is 2.11. The lowest BCUT2D eigenvalue weighted by atomic mass is 10.1. The van der Waals surface area contributed by atoms with Crippen LogP contribution in [0.15, 0.2) is 18.2 Å². The average Bonchev–Trinajstić information content (AvgIpc) is 2.24. The van der Waals surface area contributed by atoms with Gasteiger partial charge in [0.25, 0.3) is 0 Å². The Morgan fingerprint density at radius 1 is 1.39 bits per heavy atom. The van der Waals surface area contributed by atoms with Crippen LogP contribution < -0.4 is 4.74 Å². The van der Waals surface area contributed by atoms with Crippen LogP contribution in [0.2, 0.25) is 0 Å². The number of benzene rings is 1. The lowest BCUT2D eigenvalue weighted by Gasteiger charge is -2.13. The molecule has 0 aliphatic heterocycles. The van der Waals surface area contributed by atoms with Crippen molar-refractivity contribution in [3.63, 3.8) is 0 Å². The van der Waals surface area contributed by atoms with E-state index in [9.17, 15) is 18.0 Å². The predicted octanol–water partition coefficient (Wildman–Crippen LogP) is 3.44. The van der Waals surface area contributed by atoms with E-state index in [0.29, 0.717) is 6.61 Å². The SMILES string of the molecule is CC(C)COc1ccc(C(F)(F)F)c(C(=O)O)c1. The first-order valence-corrected chi connectivity index (χ1v) is 5.29. The number of hydrogen-bond acceptors (Lipinski definition) is 2. The largest absolute Gasteiger partial charge is 0.493 e. The highest BCUT2D eigenvalue weighted by Gasteiger charge is 2.35. The molecule has 6 heteroatoms. The Bertz CT molecular complexity index is 439. The number of halogens is 3. The van der Waals surface area contributed by atoms with E-state index < -0.39 is 23.3 Å². The number of rotatable bonds is 4. The van der Waals surface area contributed by atoms with E-state index in [2.05, 4.69) is 0 Å². The molecule has 0 fully saturated rings. The predicted molar refractivity (Wildman–Crippen MR) is 58.7 cm³/mol. The molecule has 0 aliphatic rings. The Balaban J connectivity index is 3.08. The zero-order valence-electron chi connectivity index (χ0n) is 9.91. The van der Waals surface area contributed by atoms with E-state index in [0.717, 1.165) is 18.2 Å². The highest BCUT2D eigenvalue weighted by atomic mass is 19.4. The first-order valence-electron chi connectivity index (χ1n) is 5.29. The van der Waals surface area contributed by atoms with Gasteiger partial charge in [-0.05, 0) is 24.1 Å². The normalized spacial score (nSPS) is 11.7. The van der Waals surface area contributed by atoms with Gasteiger partial charge in [0, 0.05) is 0 Å². The van der Waals surface area contributed by atoms with E-state index >= 15 is 0 Å².